The van der Waals surface area contributed by atoms with Crippen molar-refractivity contribution >= 4 is 34.8 Å². The molecule has 0 aliphatic rings. The Morgan fingerprint density at radius 2 is 1.54 bits per heavy atom. The molecule has 0 aliphatic carbocycles. The van der Waals surface area contributed by atoms with Gasteiger partial charge in [0.2, 0.25) is 11.8 Å². The van der Waals surface area contributed by atoms with E-state index in [1.807, 2.05) is 44.2 Å². The molecular formula is C21H25ClN2O2. The molecule has 0 saturated heterocycles. The normalized spacial score (nSPS) is 11.2. The van der Waals surface area contributed by atoms with Gasteiger partial charge in [0.05, 0.1) is 10.7 Å². The Kier molecular flexibility index (Phi) is 6.09. The minimum atomic E-state index is -0.400. The van der Waals surface area contributed by atoms with E-state index < -0.39 is 5.91 Å². The van der Waals surface area contributed by atoms with Gasteiger partial charge in [-0.15, -0.1) is 0 Å². The summed E-state index contributed by atoms with van der Waals surface area (Å²) in [6, 6.07) is 11.4. The van der Waals surface area contributed by atoms with E-state index in [1.165, 1.54) is 5.56 Å². The lowest BCUT2D eigenvalue weighted by Gasteiger charge is -2.19. The maximum atomic E-state index is 12.2. The fraction of sp³-hybridized carbons (Fsp3) is 0.333. The number of anilines is 2. The first-order chi connectivity index (χ1) is 12.1. The van der Waals surface area contributed by atoms with Crippen LogP contribution in [-0.4, -0.2) is 11.8 Å². The Morgan fingerprint density at radius 3 is 2.08 bits per heavy atom. The molecular weight excluding hydrogens is 348 g/mol. The Hall–Kier alpha value is -2.33. The van der Waals surface area contributed by atoms with Crippen molar-refractivity contribution in [2.45, 2.75) is 46.5 Å². The Morgan fingerprint density at radius 1 is 0.962 bits per heavy atom. The van der Waals surface area contributed by atoms with E-state index in [-0.39, 0.29) is 17.7 Å². The van der Waals surface area contributed by atoms with E-state index in [0.717, 1.165) is 11.1 Å². The highest BCUT2D eigenvalue weighted by molar-refractivity contribution is 6.34. The second-order valence-electron chi connectivity index (χ2n) is 7.54. The van der Waals surface area contributed by atoms with Crippen molar-refractivity contribution in [3.05, 3.63) is 58.1 Å². The number of nitrogens with one attached hydrogen (secondary N) is 2. The lowest BCUT2D eigenvalue weighted by Crippen LogP contribution is -2.22. The predicted octanol–water partition coefficient (Wildman–Crippen LogP) is 5.22. The fourth-order valence-electron chi connectivity index (χ4n) is 2.66. The number of hydrogen-bond donors (Lipinski definition) is 2. The largest absolute Gasteiger partial charge is 0.326 e. The van der Waals surface area contributed by atoms with Crippen molar-refractivity contribution < 1.29 is 9.59 Å². The molecule has 0 bridgehead atoms. The summed E-state index contributed by atoms with van der Waals surface area (Å²) >= 11 is 6.18. The van der Waals surface area contributed by atoms with E-state index in [4.69, 9.17) is 11.6 Å². The van der Waals surface area contributed by atoms with Crippen LogP contribution in [0.4, 0.5) is 11.4 Å². The zero-order chi connectivity index (χ0) is 19.5. The van der Waals surface area contributed by atoms with Gasteiger partial charge >= 0.3 is 0 Å². The van der Waals surface area contributed by atoms with E-state index in [9.17, 15) is 9.59 Å². The molecule has 138 valence electrons. The molecule has 2 N–H and O–H groups in total. The van der Waals surface area contributed by atoms with Crippen molar-refractivity contribution in [1.82, 2.24) is 0 Å². The van der Waals surface area contributed by atoms with Gasteiger partial charge in [-0.25, -0.2) is 0 Å². The number of aryl methyl sites for hydroxylation is 2. The van der Waals surface area contributed by atoms with Crippen LogP contribution in [0, 0.1) is 13.8 Å². The molecule has 2 amide bonds. The third-order valence-electron chi connectivity index (χ3n) is 4.05. The second kappa shape index (κ2) is 7.92. The summed E-state index contributed by atoms with van der Waals surface area (Å²) < 4.78 is 0. The topological polar surface area (TPSA) is 58.2 Å². The highest BCUT2D eigenvalue weighted by Gasteiger charge is 2.15. The van der Waals surface area contributed by atoms with Gasteiger partial charge in [0.25, 0.3) is 0 Å². The summed E-state index contributed by atoms with van der Waals surface area (Å²) in [5.41, 5.74) is 4.32. The summed E-state index contributed by atoms with van der Waals surface area (Å²) in [7, 11) is 0. The van der Waals surface area contributed by atoms with Crippen molar-refractivity contribution in [2.24, 2.45) is 0 Å². The third-order valence-corrected chi connectivity index (χ3v) is 4.35. The van der Waals surface area contributed by atoms with Gasteiger partial charge < -0.3 is 10.6 Å². The van der Waals surface area contributed by atoms with Gasteiger partial charge in [0.15, 0.2) is 0 Å². The van der Waals surface area contributed by atoms with Crippen LogP contribution in [0.15, 0.2) is 36.4 Å². The molecule has 2 aromatic rings. The van der Waals surface area contributed by atoms with Crippen molar-refractivity contribution in [1.29, 1.82) is 0 Å². The Bertz CT molecular complexity index is 798. The van der Waals surface area contributed by atoms with Crippen molar-refractivity contribution in [3.63, 3.8) is 0 Å². The standard InChI is InChI=1S/C21H25ClN2O2/c1-13-10-14(2)20(17(22)11-13)24-19(26)12-18(25)23-16-8-6-15(7-9-16)21(3,4)5/h6-11H,12H2,1-5H3,(H,23,25)(H,24,26). The SMILES string of the molecule is Cc1cc(C)c(NC(=O)CC(=O)Nc2ccc(C(C)(C)C)cc2)c(Cl)c1. The molecule has 0 unspecified atom stereocenters. The average molecular weight is 373 g/mol. The minimum absolute atomic E-state index is 0.0492. The quantitative estimate of drug-likeness (QED) is 0.722. The molecule has 0 fully saturated rings. The van der Waals surface area contributed by atoms with Crippen LogP contribution in [-0.2, 0) is 15.0 Å². The summed E-state index contributed by atoms with van der Waals surface area (Å²) in [4.78, 5) is 24.3. The highest BCUT2D eigenvalue weighted by atomic mass is 35.5. The molecule has 0 aromatic heterocycles. The first-order valence-corrected chi connectivity index (χ1v) is 8.91. The van der Waals surface area contributed by atoms with Gasteiger partial charge in [-0.2, -0.15) is 0 Å². The third kappa shape index (κ3) is 5.33. The number of amides is 2. The Labute approximate surface area is 159 Å². The van der Waals surface area contributed by atoms with Crippen LogP contribution >= 0.6 is 11.6 Å². The number of carbonyl (C=O) groups excluding carboxylic acids is 2. The van der Waals surface area contributed by atoms with Crippen LogP contribution < -0.4 is 10.6 Å². The zero-order valence-corrected chi connectivity index (χ0v) is 16.6. The molecule has 2 aromatic carbocycles. The summed E-state index contributed by atoms with van der Waals surface area (Å²) in [5, 5.41) is 5.93. The van der Waals surface area contributed by atoms with Crippen molar-refractivity contribution in [3.8, 4) is 0 Å². The van der Waals surface area contributed by atoms with E-state index in [2.05, 4.69) is 31.4 Å². The molecule has 0 saturated carbocycles. The first kappa shape index (κ1) is 20.0. The van der Waals surface area contributed by atoms with Crippen LogP contribution in [0.1, 0.15) is 43.9 Å². The number of carbonyl (C=O) groups is 2. The number of hydrogen-bond acceptors (Lipinski definition) is 2. The van der Waals surface area contributed by atoms with Crippen molar-refractivity contribution in [2.75, 3.05) is 10.6 Å². The monoisotopic (exact) mass is 372 g/mol. The van der Waals surface area contributed by atoms with Gasteiger partial charge in [-0.05, 0) is 54.2 Å². The highest BCUT2D eigenvalue weighted by Crippen LogP contribution is 2.27. The molecule has 0 radical (unpaired) electrons. The van der Waals surface area contributed by atoms with Gasteiger partial charge in [0.1, 0.15) is 6.42 Å². The lowest BCUT2D eigenvalue weighted by atomic mass is 9.87. The van der Waals surface area contributed by atoms with Crippen LogP contribution in [0.5, 0.6) is 0 Å². The summed E-state index contributed by atoms with van der Waals surface area (Å²) in [5.74, 6) is -0.769. The fourth-order valence-corrected chi connectivity index (χ4v) is 3.03. The first-order valence-electron chi connectivity index (χ1n) is 8.53. The van der Waals surface area contributed by atoms with Crippen LogP contribution in [0.2, 0.25) is 5.02 Å². The number of benzene rings is 2. The molecule has 5 heteroatoms. The minimum Gasteiger partial charge on any atom is -0.326 e. The van der Waals surface area contributed by atoms with E-state index >= 15 is 0 Å². The average Bonchev–Trinajstić information content (AvgIpc) is 2.50. The predicted molar refractivity (Wildman–Crippen MR) is 108 cm³/mol. The molecule has 0 spiro atoms. The number of rotatable bonds is 4. The smallest absolute Gasteiger partial charge is 0.233 e. The summed E-state index contributed by atoms with van der Waals surface area (Å²) in [6.45, 7) is 10.2. The molecule has 2 rings (SSSR count). The maximum absolute atomic E-state index is 12.2. The maximum Gasteiger partial charge on any atom is 0.233 e. The van der Waals surface area contributed by atoms with Crippen LogP contribution in [0.25, 0.3) is 0 Å². The van der Waals surface area contributed by atoms with Gasteiger partial charge in [0, 0.05) is 5.69 Å². The second-order valence-corrected chi connectivity index (χ2v) is 7.95. The van der Waals surface area contributed by atoms with Gasteiger partial charge in [-0.1, -0.05) is 50.6 Å². The lowest BCUT2D eigenvalue weighted by molar-refractivity contribution is -0.123. The molecule has 0 aliphatic heterocycles. The molecule has 26 heavy (non-hydrogen) atoms. The van der Waals surface area contributed by atoms with Gasteiger partial charge in [-0.3, -0.25) is 9.59 Å². The van der Waals surface area contributed by atoms with E-state index in [1.54, 1.807) is 6.07 Å². The molecule has 0 heterocycles. The summed E-state index contributed by atoms with van der Waals surface area (Å²) in [6.07, 6.45) is -0.273. The zero-order valence-electron chi connectivity index (χ0n) is 15.9. The molecule has 0 atom stereocenters. The Balaban J connectivity index is 1.96. The van der Waals surface area contributed by atoms with Crippen LogP contribution in [0.3, 0.4) is 0 Å². The van der Waals surface area contributed by atoms with E-state index in [0.29, 0.717) is 16.4 Å². The number of halogens is 1. The molecule has 4 nitrogen and oxygen atoms in total.